The number of halogens is 5. The summed E-state index contributed by atoms with van der Waals surface area (Å²) < 4.78 is 47.1. The highest BCUT2D eigenvalue weighted by molar-refractivity contribution is 6.31. The third-order valence-corrected chi connectivity index (χ3v) is 5.84. The van der Waals surface area contributed by atoms with Gasteiger partial charge < -0.3 is 4.74 Å². The minimum atomic E-state index is -4.99. The van der Waals surface area contributed by atoms with E-state index < -0.39 is 35.1 Å². The molecule has 2 aromatic carbocycles. The van der Waals surface area contributed by atoms with Gasteiger partial charge in [-0.25, -0.2) is 10.4 Å². The van der Waals surface area contributed by atoms with Crippen LogP contribution in [0.2, 0.25) is 10.0 Å². The lowest BCUT2D eigenvalue weighted by molar-refractivity contribution is -0.142. The van der Waals surface area contributed by atoms with Crippen molar-refractivity contribution in [3.8, 4) is 17.6 Å². The van der Waals surface area contributed by atoms with E-state index in [1.807, 2.05) is 0 Å². The summed E-state index contributed by atoms with van der Waals surface area (Å²) >= 11 is 11.9. The van der Waals surface area contributed by atoms with Crippen LogP contribution in [-0.2, 0) is 17.5 Å². The van der Waals surface area contributed by atoms with Crippen LogP contribution in [0.15, 0.2) is 53.6 Å². The van der Waals surface area contributed by atoms with Gasteiger partial charge in [0.25, 0.3) is 5.56 Å². The first-order valence-corrected chi connectivity index (χ1v) is 11.2. The van der Waals surface area contributed by atoms with Gasteiger partial charge in [-0.3, -0.25) is 19.6 Å². The van der Waals surface area contributed by atoms with E-state index in [9.17, 15) is 22.8 Å². The molecule has 13 heteroatoms. The first kappa shape index (κ1) is 25.5. The Labute approximate surface area is 212 Å². The normalized spacial score (nSPS) is 17.8. The third-order valence-electron chi connectivity index (χ3n) is 5.39. The smallest absolute Gasteiger partial charge is 0.437 e. The van der Waals surface area contributed by atoms with Gasteiger partial charge in [0.2, 0.25) is 11.7 Å². The van der Waals surface area contributed by atoms with Crippen molar-refractivity contribution in [2.24, 2.45) is 0 Å². The Morgan fingerprint density at radius 1 is 1.17 bits per heavy atom. The zero-order valence-corrected chi connectivity index (χ0v) is 19.7. The molecule has 8 nitrogen and oxygen atoms in total. The van der Waals surface area contributed by atoms with Gasteiger partial charge in [-0.05, 0) is 42.3 Å². The Morgan fingerprint density at radius 3 is 2.64 bits per heavy atom. The quantitative estimate of drug-likeness (QED) is 0.499. The standard InChI is InChI=1S/C23H16Cl2F3N5O3/c24-14-3-1-2-13(6-14)18-8-16(31-32-21(18)34)10-33-11-30-20(23(26,27)28)19(22(33)35)36-17-5-12(9-29)4-15(25)7-17/h1-7,11,16,18,31H,8,10H2,(H,32,34). The molecule has 1 saturated heterocycles. The molecule has 2 atom stereocenters. The SMILES string of the molecule is N#Cc1cc(Cl)cc(Oc2c(C(F)(F)F)ncn(CC3CC(c4cccc(Cl)c4)C(=O)NN3)c2=O)c1. The minimum Gasteiger partial charge on any atom is -0.449 e. The van der Waals surface area contributed by atoms with E-state index in [-0.39, 0.29) is 35.2 Å². The lowest BCUT2D eigenvalue weighted by Gasteiger charge is -2.30. The minimum absolute atomic E-state index is 0.0319. The average Bonchev–Trinajstić information content (AvgIpc) is 2.81. The lowest BCUT2D eigenvalue weighted by Crippen LogP contribution is -2.54. The second-order valence-corrected chi connectivity index (χ2v) is 8.81. The van der Waals surface area contributed by atoms with Crippen molar-refractivity contribution in [2.75, 3.05) is 0 Å². The fourth-order valence-corrected chi connectivity index (χ4v) is 4.20. The average molecular weight is 538 g/mol. The van der Waals surface area contributed by atoms with Crippen LogP contribution >= 0.6 is 23.2 Å². The van der Waals surface area contributed by atoms with Crippen molar-refractivity contribution in [3.05, 3.63) is 86.0 Å². The van der Waals surface area contributed by atoms with Gasteiger partial charge in [-0.15, -0.1) is 0 Å². The van der Waals surface area contributed by atoms with E-state index in [4.69, 9.17) is 33.2 Å². The van der Waals surface area contributed by atoms with Gasteiger partial charge in [0.1, 0.15) is 5.75 Å². The largest absolute Gasteiger partial charge is 0.449 e. The highest BCUT2D eigenvalue weighted by atomic mass is 35.5. The number of amides is 1. The number of benzene rings is 2. The molecule has 0 saturated carbocycles. The van der Waals surface area contributed by atoms with Crippen LogP contribution in [0, 0.1) is 11.3 Å². The summed E-state index contributed by atoms with van der Waals surface area (Å²) in [6, 6.07) is 11.6. The number of alkyl halides is 3. The lowest BCUT2D eigenvalue weighted by atomic mass is 9.90. The van der Waals surface area contributed by atoms with Crippen molar-refractivity contribution < 1.29 is 22.7 Å². The molecule has 0 radical (unpaired) electrons. The molecule has 3 aromatic rings. The van der Waals surface area contributed by atoms with Gasteiger partial charge in [0, 0.05) is 22.6 Å². The molecule has 1 aliphatic rings. The number of rotatable bonds is 5. The van der Waals surface area contributed by atoms with E-state index in [1.54, 1.807) is 30.3 Å². The molecule has 1 aliphatic heterocycles. The molecule has 2 heterocycles. The molecule has 36 heavy (non-hydrogen) atoms. The predicted molar refractivity (Wildman–Crippen MR) is 124 cm³/mol. The number of nitriles is 1. The van der Waals surface area contributed by atoms with E-state index in [0.717, 1.165) is 17.0 Å². The van der Waals surface area contributed by atoms with Crippen LogP contribution in [0.5, 0.6) is 11.5 Å². The molecular formula is C23H16Cl2F3N5O3. The highest BCUT2D eigenvalue weighted by Gasteiger charge is 2.39. The van der Waals surface area contributed by atoms with E-state index in [1.165, 1.54) is 12.1 Å². The van der Waals surface area contributed by atoms with Gasteiger partial charge in [0.15, 0.2) is 5.69 Å². The molecule has 0 aliphatic carbocycles. The zero-order valence-electron chi connectivity index (χ0n) is 18.1. The fourth-order valence-electron chi connectivity index (χ4n) is 3.78. The fraction of sp³-hybridized carbons (Fsp3) is 0.217. The van der Waals surface area contributed by atoms with Crippen molar-refractivity contribution >= 4 is 29.1 Å². The van der Waals surface area contributed by atoms with E-state index in [0.29, 0.717) is 10.6 Å². The maximum atomic E-state index is 13.6. The number of carbonyl (C=O) groups is 1. The number of hydrogen-bond donors (Lipinski definition) is 2. The summed E-state index contributed by atoms with van der Waals surface area (Å²) in [5.41, 5.74) is 3.34. The van der Waals surface area contributed by atoms with Crippen molar-refractivity contribution in [2.45, 2.75) is 31.1 Å². The predicted octanol–water partition coefficient (Wildman–Crippen LogP) is 4.41. The number of nitrogens with one attached hydrogen (secondary N) is 2. The van der Waals surface area contributed by atoms with Crippen molar-refractivity contribution in [1.29, 1.82) is 5.26 Å². The van der Waals surface area contributed by atoms with Gasteiger partial charge in [-0.2, -0.15) is 18.4 Å². The second kappa shape index (κ2) is 10.2. The molecule has 4 rings (SSSR count). The summed E-state index contributed by atoms with van der Waals surface area (Å²) in [6.07, 6.45) is -3.99. The Bertz CT molecular complexity index is 1420. The first-order valence-electron chi connectivity index (χ1n) is 10.4. The number of ether oxygens (including phenoxy) is 1. The van der Waals surface area contributed by atoms with Gasteiger partial charge in [-0.1, -0.05) is 35.3 Å². The topological polar surface area (TPSA) is 109 Å². The second-order valence-electron chi connectivity index (χ2n) is 7.94. The van der Waals surface area contributed by atoms with E-state index >= 15 is 0 Å². The summed E-state index contributed by atoms with van der Waals surface area (Å²) in [5, 5.41) is 9.57. The Morgan fingerprint density at radius 2 is 1.94 bits per heavy atom. The first-order chi connectivity index (χ1) is 17.0. The Hall–Kier alpha value is -3.59. The summed E-state index contributed by atoms with van der Waals surface area (Å²) in [7, 11) is 0. The number of carbonyl (C=O) groups excluding carboxylic acids is 1. The summed E-state index contributed by atoms with van der Waals surface area (Å²) in [4.78, 5) is 28.9. The molecule has 2 unspecified atom stereocenters. The molecule has 186 valence electrons. The van der Waals surface area contributed by atoms with Crippen LogP contribution in [0.25, 0.3) is 0 Å². The van der Waals surface area contributed by atoms with Gasteiger partial charge in [0.05, 0.1) is 23.9 Å². The molecule has 1 aromatic heterocycles. The molecular weight excluding hydrogens is 522 g/mol. The summed E-state index contributed by atoms with van der Waals surface area (Å²) in [6.45, 7) is -0.128. The van der Waals surface area contributed by atoms with Gasteiger partial charge >= 0.3 is 6.18 Å². The van der Waals surface area contributed by atoms with Crippen LogP contribution in [0.1, 0.15) is 29.2 Å². The number of hydrogen-bond acceptors (Lipinski definition) is 6. The zero-order chi connectivity index (χ0) is 26.0. The number of hydrazine groups is 1. The maximum absolute atomic E-state index is 13.6. The number of aromatic nitrogens is 2. The maximum Gasteiger partial charge on any atom is 0.437 e. The van der Waals surface area contributed by atoms with E-state index in [2.05, 4.69) is 15.8 Å². The van der Waals surface area contributed by atoms with Crippen LogP contribution in [-0.4, -0.2) is 21.5 Å². The molecule has 2 N–H and O–H groups in total. The van der Waals surface area contributed by atoms with Crippen LogP contribution in [0.4, 0.5) is 13.2 Å². The van der Waals surface area contributed by atoms with Crippen molar-refractivity contribution in [3.63, 3.8) is 0 Å². The Kier molecular flexibility index (Phi) is 7.21. The third kappa shape index (κ3) is 5.62. The molecule has 0 spiro atoms. The monoisotopic (exact) mass is 537 g/mol. The number of nitrogens with zero attached hydrogens (tertiary/aromatic N) is 3. The van der Waals surface area contributed by atoms with Crippen LogP contribution < -0.4 is 21.1 Å². The molecule has 0 bridgehead atoms. The van der Waals surface area contributed by atoms with Crippen LogP contribution in [0.3, 0.4) is 0 Å². The molecule has 1 fully saturated rings. The molecule has 1 amide bonds. The Balaban J connectivity index is 1.65. The van der Waals surface area contributed by atoms with Crippen molar-refractivity contribution in [1.82, 2.24) is 20.4 Å². The summed E-state index contributed by atoms with van der Waals surface area (Å²) in [5.74, 6) is -2.21. The highest BCUT2D eigenvalue weighted by Crippen LogP contribution is 2.35.